The van der Waals surface area contributed by atoms with E-state index >= 15 is 0 Å². The molecule has 1 amide bonds. The standard InChI is InChI=1S/C13H11N5O/c14-8-9-3-1-4-10(7-9)16-13(19)11-5-2-6-12(17-11)18-15/h1-7H,15H2,(H,16,19)(H,17,18). The van der Waals surface area contributed by atoms with Crippen LogP contribution in [-0.4, -0.2) is 10.9 Å². The van der Waals surface area contributed by atoms with Gasteiger partial charge < -0.3 is 10.7 Å². The van der Waals surface area contributed by atoms with Crippen molar-refractivity contribution in [2.75, 3.05) is 10.7 Å². The number of rotatable bonds is 3. The van der Waals surface area contributed by atoms with Gasteiger partial charge in [-0.2, -0.15) is 5.26 Å². The van der Waals surface area contributed by atoms with Gasteiger partial charge in [-0.05, 0) is 30.3 Å². The summed E-state index contributed by atoms with van der Waals surface area (Å²) in [5.74, 6) is 5.26. The smallest absolute Gasteiger partial charge is 0.274 e. The molecular formula is C13H11N5O. The molecule has 1 heterocycles. The number of carbonyl (C=O) groups excluding carboxylic acids is 1. The first-order valence-corrected chi connectivity index (χ1v) is 5.48. The number of pyridine rings is 1. The van der Waals surface area contributed by atoms with E-state index in [1.165, 1.54) is 0 Å². The van der Waals surface area contributed by atoms with E-state index in [9.17, 15) is 4.79 Å². The maximum Gasteiger partial charge on any atom is 0.274 e. The lowest BCUT2D eigenvalue weighted by molar-refractivity contribution is 0.102. The number of benzene rings is 1. The quantitative estimate of drug-likeness (QED) is 0.568. The van der Waals surface area contributed by atoms with Crippen LogP contribution in [0.2, 0.25) is 0 Å². The zero-order valence-corrected chi connectivity index (χ0v) is 9.92. The molecule has 4 N–H and O–H groups in total. The Labute approximate surface area is 109 Å². The highest BCUT2D eigenvalue weighted by atomic mass is 16.1. The Bertz CT molecular complexity index is 647. The van der Waals surface area contributed by atoms with Gasteiger partial charge in [0.05, 0.1) is 11.6 Å². The number of nitrogens with zero attached hydrogens (tertiary/aromatic N) is 2. The number of nitriles is 1. The molecule has 0 unspecified atom stereocenters. The second-order valence-electron chi connectivity index (χ2n) is 3.70. The Morgan fingerprint density at radius 3 is 2.79 bits per heavy atom. The molecular weight excluding hydrogens is 242 g/mol. The second kappa shape index (κ2) is 5.62. The summed E-state index contributed by atoms with van der Waals surface area (Å²) in [7, 11) is 0. The van der Waals surface area contributed by atoms with Crippen LogP contribution < -0.4 is 16.6 Å². The fourth-order valence-electron chi connectivity index (χ4n) is 1.50. The molecule has 0 saturated carbocycles. The van der Waals surface area contributed by atoms with Crippen molar-refractivity contribution < 1.29 is 4.79 Å². The van der Waals surface area contributed by atoms with Crippen molar-refractivity contribution >= 4 is 17.4 Å². The highest BCUT2D eigenvalue weighted by molar-refractivity contribution is 6.03. The molecule has 6 nitrogen and oxygen atoms in total. The van der Waals surface area contributed by atoms with Crippen molar-refractivity contribution in [3.63, 3.8) is 0 Å². The topological polar surface area (TPSA) is 104 Å². The Balaban J connectivity index is 2.18. The van der Waals surface area contributed by atoms with E-state index in [-0.39, 0.29) is 11.6 Å². The Hall–Kier alpha value is -2.91. The van der Waals surface area contributed by atoms with Crippen LogP contribution in [0.3, 0.4) is 0 Å². The summed E-state index contributed by atoms with van der Waals surface area (Å²) in [4.78, 5) is 16.0. The van der Waals surface area contributed by atoms with E-state index < -0.39 is 0 Å². The van der Waals surface area contributed by atoms with Crippen molar-refractivity contribution in [3.05, 3.63) is 53.7 Å². The minimum atomic E-state index is -0.368. The predicted octanol–water partition coefficient (Wildman–Crippen LogP) is 1.49. The summed E-state index contributed by atoms with van der Waals surface area (Å²) >= 11 is 0. The molecule has 0 spiro atoms. The molecule has 2 rings (SSSR count). The van der Waals surface area contributed by atoms with Gasteiger partial charge in [0.2, 0.25) is 0 Å². The van der Waals surface area contributed by atoms with Crippen LogP contribution in [0.5, 0.6) is 0 Å². The summed E-state index contributed by atoms with van der Waals surface area (Å²) in [6, 6.07) is 13.5. The molecule has 0 aliphatic heterocycles. The molecule has 0 fully saturated rings. The maximum atomic E-state index is 12.0. The van der Waals surface area contributed by atoms with Crippen molar-refractivity contribution in [1.29, 1.82) is 5.26 Å². The lowest BCUT2D eigenvalue weighted by Crippen LogP contribution is -2.16. The normalized spacial score (nSPS) is 9.47. The zero-order chi connectivity index (χ0) is 13.7. The fraction of sp³-hybridized carbons (Fsp3) is 0. The molecule has 6 heteroatoms. The first kappa shape index (κ1) is 12.5. The molecule has 0 atom stereocenters. The van der Waals surface area contributed by atoms with Crippen LogP contribution >= 0.6 is 0 Å². The first-order chi connectivity index (χ1) is 9.22. The number of amides is 1. The average molecular weight is 253 g/mol. The molecule has 0 bridgehead atoms. The van der Waals surface area contributed by atoms with Crippen molar-refractivity contribution in [3.8, 4) is 6.07 Å². The van der Waals surface area contributed by atoms with Gasteiger partial charge in [0.1, 0.15) is 11.5 Å². The summed E-state index contributed by atoms with van der Waals surface area (Å²) in [5, 5.41) is 11.4. The molecule has 0 aliphatic rings. The fourth-order valence-corrected chi connectivity index (χ4v) is 1.50. The van der Waals surface area contributed by atoms with Gasteiger partial charge in [-0.15, -0.1) is 0 Å². The number of nitrogen functional groups attached to an aromatic ring is 1. The third kappa shape index (κ3) is 3.06. The number of anilines is 2. The maximum absolute atomic E-state index is 12.0. The van der Waals surface area contributed by atoms with E-state index in [4.69, 9.17) is 11.1 Å². The molecule has 0 radical (unpaired) electrons. The summed E-state index contributed by atoms with van der Waals surface area (Å²) in [6.07, 6.45) is 0. The van der Waals surface area contributed by atoms with Gasteiger partial charge in [0.25, 0.3) is 5.91 Å². The molecule has 0 saturated heterocycles. The van der Waals surface area contributed by atoms with E-state index in [1.54, 1.807) is 42.5 Å². The van der Waals surface area contributed by atoms with Gasteiger partial charge in [0, 0.05) is 5.69 Å². The van der Waals surface area contributed by atoms with Gasteiger partial charge in [-0.1, -0.05) is 12.1 Å². The van der Waals surface area contributed by atoms with Crippen molar-refractivity contribution in [2.45, 2.75) is 0 Å². The molecule has 0 aliphatic carbocycles. The van der Waals surface area contributed by atoms with E-state index in [0.29, 0.717) is 17.1 Å². The minimum absolute atomic E-state index is 0.234. The van der Waals surface area contributed by atoms with Crippen molar-refractivity contribution in [2.24, 2.45) is 5.84 Å². The van der Waals surface area contributed by atoms with Crippen LogP contribution in [0, 0.1) is 11.3 Å². The van der Waals surface area contributed by atoms with Gasteiger partial charge in [-0.25, -0.2) is 10.8 Å². The van der Waals surface area contributed by atoms with Gasteiger partial charge in [-0.3, -0.25) is 4.79 Å². The summed E-state index contributed by atoms with van der Waals surface area (Å²) < 4.78 is 0. The average Bonchev–Trinajstić information content (AvgIpc) is 2.47. The lowest BCUT2D eigenvalue weighted by atomic mass is 10.2. The Kier molecular flexibility index (Phi) is 3.71. The van der Waals surface area contributed by atoms with Crippen LogP contribution in [0.25, 0.3) is 0 Å². The van der Waals surface area contributed by atoms with Crippen LogP contribution in [0.1, 0.15) is 16.1 Å². The largest absolute Gasteiger partial charge is 0.321 e. The molecule has 1 aromatic heterocycles. The van der Waals surface area contributed by atoms with E-state index in [1.807, 2.05) is 6.07 Å². The Morgan fingerprint density at radius 2 is 2.05 bits per heavy atom. The number of nitrogens with two attached hydrogens (primary N) is 1. The third-order valence-electron chi connectivity index (χ3n) is 2.38. The number of carbonyl (C=O) groups is 1. The number of hydrogen-bond donors (Lipinski definition) is 3. The number of hydrogen-bond acceptors (Lipinski definition) is 5. The van der Waals surface area contributed by atoms with Gasteiger partial charge in [0.15, 0.2) is 0 Å². The highest BCUT2D eigenvalue weighted by Gasteiger charge is 2.08. The van der Waals surface area contributed by atoms with Crippen LogP contribution in [0.15, 0.2) is 42.5 Å². The minimum Gasteiger partial charge on any atom is -0.321 e. The molecule has 19 heavy (non-hydrogen) atoms. The summed E-state index contributed by atoms with van der Waals surface area (Å²) in [5.41, 5.74) is 3.62. The molecule has 2 aromatic rings. The predicted molar refractivity (Wildman–Crippen MR) is 71.2 cm³/mol. The van der Waals surface area contributed by atoms with Crippen molar-refractivity contribution in [1.82, 2.24) is 4.98 Å². The third-order valence-corrected chi connectivity index (χ3v) is 2.38. The number of nitrogens with one attached hydrogen (secondary N) is 2. The molecule has 1 aromatic carbocycles. The Morgan fingerprint density at radius 1 is 1.26 bits per heavy atom. The van der Waals surface area contributed by atoms with E-state index in [0.717, 1.165) is 0 Å². The number of aromatic nitrogens is 1. The summed E-state index contributed by atoms with van der Waals surface area (Å²) in [6.45, 7) is 0. The lowest BCUT2D eigenvalue weighted by Gasteiger charge is -2.06. The van der Waals surface area contributed by atoms with Gasteiger partial charge >= 0.3 is 0 Å². The molecule has 94 valence electrons. The zero-order valence-electron chi connectivity index (χ0n) is 9.92. The first-order valence-electron chi connectivity index (χ1n) is 5.48. The monoisotopic (exact) mass is 253 g/mol. The van der Waals surface area contributed by atoms with Crippen LogP contribution in [0.4, 0.5) is 11.5 Å². The highest BCUT2D eigenvalue weighted by Crippen LogP contribution is 2.11. The van der Waals surface area contributed by atoms with Crippen LogP contribution in [-0.2, 0) is 0 Å². The number of hydrazine groups is 1. The second-order valence-corrected chi connectivity index (χ2v) is 3.70. The SMILES string of the molecule is N#Cc1cccc(NC(=O)c2cccc(NN)n2)c1. The van der Waals surface area contributed by atoms with E-state index in [2.05, 4.69) is 15.7 Å².